The first-order valence-electron chi connectivity index (χ1n) is 6.74. The molecular formula is C15H20BrNO2. The highest BCUT2D eigenvalue weighted by atomic mass is 79.9. The zero-order valence-corrected chi connectivity index (χ0v) is 13.2. The number of benzene rings is 1. The Kier molecular flexibility index (Phi) is 4.50. The molecular weight excluding hydrogens is 306 g/mol. The van der Waals surface area contributed by atoms with Crippen LogP contribution in [0.2, 0.25) is 0 Å². The molecule has 1 fully saturated rings. The maximum Gasteiger partial charge on any atom is 0.255 e. The van der Waals surface area contributed by atoms with Gasteiger partial charge >= 0.3 is 0 Å². The summed E-state index contributed by atoms with van der Waals surface area (Å²) in [4.78, 5) is 14.8. The van der Waals surface area contributed by atoms with E-state index in [0.29, 0.717) is 23.4 Å². The number of amides is 1. The van der Waals surface area contributed by atoms with Gasteiger partial charge in [-0.2, -0.15) is 0 Å². The monoisotopic (exact) mass is 325 g/mol. The van der Waals surface area contributed by atoms with E-state index in [9.17, 15) is 4.79 Å². The van der Waals surface area contributed by atoms with Gasteiger partial charge in [-0.15, -0.1) is 0 Å². The van der Waals surface area contributed by atoms with Crippen LogP contribution in [-0.2, 0) is 0 Å². The van der Waals surface area contributed by atoms with Crippen molar-refractivity contribution in [3.05, 3.63) is 28.2 Å². The van der Waals surface area contributed by atoms with Gasteiger partial charge in [-0.3, -0.25) is 4.79 Å². The normalized spacial score (nSPS) is 22.6. The number of ether oxygens (including phenoxy) is 1. The van der Waals surface area contributed by atoms with Gasteiger partial charge in [-0.1, -0.05) is 6.92 Å². The van der Waals surface area contributed by atoms with Crippen LogP contribution in [0.1, 0.15) is 43.5 Å². The first-order chi connectivity index (χ1) is 9.08. The molecule has 0 radical (unpaired) electrons. The van der Waals surface area contributed by atoms with E-state index in [0.717, 1.165) is 23.7 Å². The first-order valence-corrected chi connectivity index (χ1v) is 7.54. The number of halogens is 1. The molecule has 0 aliphatic carbocycles. The van der Waals surface area contributed by atoms with Gasteiger partial charge < -0.3 is 9.64 Å². The number of likely N-dealkylation sites (tertiary alicyclic amines) is 1. The van der Waals surface area contributed by atoms with Crippen LogP contribution in [0.4, 0.5) is 0 Å². The van der Waals surface area contributed by atoms with Crippen LogP contribution in [0.3, 0.4) is 0 Å². The number of hydrogen-bond donors (Lipinski definition) is 0. The maximum atomic E-state index is 12.8. The average Bonchev–Trinajstić information content (AvgIpc) is 2.79. The molecule has 0 bridgehead atoms. The van der Waals surface area contributed by atoms with E-state index < -0.39 is 0 Å². The predicted molar refractivity (Wildman–Crippen MR) is 79.6 cm³/mol. The Bertz CT molecular complexity index is 475. The van der Waals surface area contributed by atoms with Gasteiger partial charge in [0.2, 0.25) is 0 Å². The molecule has 1 amide bonds. The van der Waals surface area contributed by atoms with Gasteiger partial charge in [0.05, 0.1) is 12.7 Å². The third-order valence-electron chi connectivity index (χ3n) is 3.90. The van der Waals surface area contributed by atoms with Crippen molar-refractivity contribution in [1.29, 1.82) is 0 Å². The summed E-state index contributed by atoms with van der Waals surface area (Å²) < 4.78 is 6.04. The quantitative estimate of drug-likeness (QED) is 0.844. The second kappa shape index (κ2) is 5.95. The molecule has 104 valence electrons. The Morgan fingerprint density at radius 3 is 2.84 bits per heavy atom. The van der Waals surface area contributed by atoms with E-state index in [2.05, 4.69) is 29.8 Å². The van der Waals surface area contributed by atoms with Crippen molar-refractivity contribution >= 4 is 21.8 Å². The van der Waals surface area contributed by atoms with Gasteiger partial charge in [-0.25, -0.2) is 0 Å². The fourth-order valence-corrected chi connectivity index (χ4v) is 3.19. The summed E-state index contributed by atoms with van der Waals surface area (Å²) in [5.41, 5.74) is 0.687. The molecule has 1 aliphatic rings. The molecule has 2 rings (SSSR count). The van der Waals surface area contributed by atoms with Gasteiger partial charge in [0.15, 0.2) is 0 Å². The van der Waals surface area contributed by atoms with E-state index in [4.69, 9.17) is 4.74 Å². The van der Waals surface area contributed by atoms with Crippen LogP contribution in [0, 0.1) is 0 Å². The molecule has 4 heteroatoms. The number of carbonyl (C=O) groups excluding carboxylic acids is 1. The fourth-order valence-electron chi connectivity index (χ4n) is 2.77. The molecule has 0 saturated carbocycles. The standard InChI is InChI=1S/C15H20BrNO2/c1-4-11-6-5-10(2)17(11)15(18)13-9-12(19-3)7-8-14(13)16/h7-11H,4-6H2,1-3H3. The third-order valence-corrected chi connectivity index (χ3v) is 4.59. The molecule has 1 aromatic rings. The minimum Gasteiger partial charge on any atom is -0.497 e. The van der Waals surface area contributed by atoms with E-state index in [1.54, 1.807) is 7.11 Å². The van der Waals surface area contributed by atoms with Crippen molar-refractivity contribution in [3.63, 3.8) is 0 Å². The highest BCUT2D eigenvalue weighted by Crippen LogP contribution is 2.31. The van der Waals surface area contributed by atoms with Crippen molar-refractivity contribution in [2.45, 2.75) is 45.2 Å². The lowest BCUT2D eigenvalue weighted by Gasteiger charge is -2.28. The Balaban J connectivity index is 2.33. The van der Waals surface area contributed by atoms with Gasteiger partial charge in [-0.05, 0) is 60.3 Å². The van der Waals surface area contributed by atoms with E-state index in [1.165, 1.54) is 0 Å². The predicted octanol–water partition coefficient (Wildman–Crippen LogP) is 3.86. The zero-order chi connectivity index (χ0) is 14.0. The molecule has 1 aliphatic heterocycles. The number of rotatable bonds is 3. The summed E-state index contributed by atoms with van der Waals surface area (Å²) in [5, 5.41) is 0. The highest BCUT2D eigenvalue weighted by molar-refractivity contribution is 9.10. The van der Waals surface area contributed by atoms with E-state index in [1.807, 2.05) is 23.1 Å². The second-order valence-electron chi connectivity index (χ2n) is 5.05. The van der Waals surface area contributed by atoms with Gasteiger partial charge in [0.25, 0.3) is 5.91 Å². The first kappa shape index (κ1) is 14.4. The molecule has 2 unspecified atom stereocenters. The molecule has 2 atom stereocenters. The smallest absolute Gasteiger partial charge is 0.255 e. The number of nitrogens with zero attached hydrogens (tertiary/aromatic N) is 1. The SMILES string of the molecule is CCC1CCC(C)N1C(=O)c1cc(OC)ccc1Br. The Labute approximate surface area is 123 Å². The average molecular weight is 326 g/mol. The molecule has 0 spiro atoms. The van der Waals surface area contributed by atoms with Crippen LogP contribution in [0.25, 0.3) is 0 Å². The Hall–Kier alpha value is -1.03. The van der Waals surface area contributed by atoms with Gasteiger partial charge in [0, 0.05) is 16.6 Å². The van der Waals surface area contributed by atoms with Crippen LogP contribution < -0.4 is 4.74 Å². The Morgan fingerprint density at radius 2 is 2.21 bits per heavy atom. The minimum absolute atomic E-state index is 0.0997. The topological polar surface area (TPSA) is 29.5 Å². The molecule has 0 aromatic heterocycles. The molecule has 19 heavy (non-hydrogen) atoms. The van der Waals surface area contributed by atoms with Crippen LogP contribution in [0.5, 0.6) is 5.75 Å². The number of carbonyl (C=O) groups is 1. The summed E-state index contributed by atoms with van der Waals surface area (Å²) in [6, 6.07) is 6.21. The van der Waals surface area contributed by atoms with Crippen molar-refractivity contribution in [2.24, 2.45) is 0 Å². The minimum atomic E-state index is 0.0997. The van der Waals surface area contributed by atoms with E-state index >= 15 is 0 Å². The van der Waals surface area contributed by atoms with Crippen molar-refractivity contribution in [2.75, 3.05) is 7.11 Å². The fraction of sp³-hybridized carbons (Fsp3) is 0.533. The molecule has 1 saturated heterocycles. The second-order valence-corrected chi connectivity index (χ2v) is 5.90. The summed E-state index contributed by atoms with van der Waals surface area (Å²) in [5.74, 6) is 0.814. The lowest BCUT2D eigenvalue weighted by Crippen LogP contribution is -2.39. The molecule has 1 heterocycles. The number of hydrogen-bond acceptors (Lipinski definition) is 2. The summed E-state index contributed by atoms with van der Waals surface area (Å²) in [7, 11) is 1.62. The molecule has 3 nitrogen and oxygen atoms in total. The van der Waals surface area contributed by atoms with Gasteiger partial charge in [0.1, 0.15) is 5.75 Å². The summed E-state index contributed by atoms with van der Waals surface area (Å²) >= 11 is 3.47. The van der Waals surface area contributed by atoms with Crippen LogP contribution >= 0.6 is 15.9 Å². The van der Waals surface area contributed by atoms with Crippen molar-refractivity contribution < 1.29 is 9.53 Å². The Morgan fingerprint density at radius 1 is 1.47 bits per heavy atom. The van der Waals surface area contributed by atoms with Crippen LogP contribution in [0.15, 0.2) is 22.7 Å². The number of methoxy groups -OCH3 is 1. The summed E-state index contributed by atoms with van der Waals surface area (Å²) in [6.07, 6.45) is 3.20. The third kappa shape index (κ3) is 2.78. The van der Waals surface area contributed by atoms with Crippen molar-refractivity contribution in [3.8, 4) is 5.75 Å². The van der Waals surface area contributed by atoms with Crippen molar-refractivity contribution in [1.82, 2.24) is 4.90 Å². The molecule has 0 N–H and O–H groups in total. The lowest BCUT2D eigenvalue weighted by molar-refractivity contribution is 0.0675. The highest BCUT2D eigenvalue weighted by Gasteiger charge is 2.34. The summed E-state index contributed by atoms with van der Waals surface area (Å²) in [6.45, 7) is 4.27. The maximum absolute atomic E-state index is 12.8. The lowest BCUT2D eigenvalue weighted by atomic mass is 10.1. The zero-order valence-electron chi connectivity index (χ0n) is 11.6. The van der Waals surface area contributed by atoms with E-state index in [-0.39, 0.29) is 5.91 Å². The largest absolute Gasteiger partial charge is 0.497 e. The van der Waals surface area contributed by atoms with Crippen LogP contribution in [-0.4, -0.2) is 30.0 Å². The molecule has 1 aromatic carbocycles.